The molecule has 1 atom stereocenters. The molecule has 3 heterocycles. The lowest BCUT2D eigenvalue weighted by molar-refractivity contribution is -0.121. The van der Waals surface area contributed by atoms with Crippen LogP contribution < -0.4 is 15.0 Å². The number of nitrogens with one attached hydrogen (secondary N) is 1. The van der Waals surface area contributed by atoms with Crippen molar-refractivity contribution in [3.8, 4) is 5.75 Å². The molecule has 1 saturated heterocycles. The number of hydrogen-bond acceptors (Lipinski definition) is 6. The summed E-state index contributed by atoms with van der Waals surface area (Å²) < 4.78 is 7.95. The number of rotatable bonds is 4. The van der Waals surface area contributed by atoms with Gasteiger partial charge in [0.1, 0.15) is 11.8 Å². The number of halogens is 1. The standard InChI is InChI=1S/C22H18BrN5O3/c1-31-16-8-4-14(5-9-16)18-12-17(13-2-6-15(23)7-3-13)24-21-25-22(26-28(18)21)27-19(29)10-11-20(27)30/h2-9,12,18H,10-11H2,1H3,(H,24,25,26)/t18-/m0/s1. The normalized spacial score (nSPS) is 17.9. The van der Waals surface area contributed by atoms with Crippen molar-refractivity contribution in [2.45, 2.75) is 18.9 Å². The molecule has 2 amide bonds. The van der Waals surface area contributed by atoms with E-state index in [-0.39, 0.29) is 36.6 Å². The summed E-state index contributed by atoms with van der Waals surface area (Å²) in [6.07, 6.45) is 2.41. The number of benzene rings is 2. The zero-order valence-electron chi connectivity index (χ0n) is 16.6. The van der Waals surface area contributed by atoms with Crippen LogP contribution in [0.1, 0.15) is 30.0 Å². The number of carbonyl (C=O) groups excluding carboxylic acids is 2. The number of anilines is 2. The van der Waals surface area contributed by atoms with Crippen LogP contribution in [0, 0.1) is 0 Å². The van der Waals surface area contributed by atoms with Crippen LogP contribution in [0.15, 0.2) is 59.1 Å². The number of nitrogens with zero attached hydrogens (tertiary/aromatic N) is 4. The van der Waals surface area contributed by atoms with Gasteiger partial charge in [0.25, 0.3) is 5.95 Å². The number of methoxy groups -OCH3 is 1. The third kappa shape index (κ3) is 3.50. The molecule has 8 nitrogen and oxygen atoms in total. The average molecular weight is 480 g/mol. The van der Waals surface area contributed by atoms with E-state index in [0.717, 1.165) is 31.9 Å². The van der Waals surface area contributed by atoms with Gasteiger partial charge in [0, 0.05) is 23.0 Å². The van der Waals surface area contributed by atoms with E-state index in [1.807, 2.05) is 54.6 Å². The van der Waals surface area contributed by atoms with Gasteiger partial charge in [-0.05, 0) is 41.5 Å². The van der Waals surface area contributed by atoms with Gasteiger partial charge >= 0.3 is 0 Å². The maximum atomic E-state index is 12.2. The maximum Gasteiger partial charge on any atom is 0.260 e. The Morgan fingerprint density at radius 2 is 1.71 bits per heavy atom. The Bertz CT molecular complexity index is 1180. The van der Waals surface area contributed by atoms with Gasteiger partial charge in [-0.1, -0.05) is 40.2 Å². The number of ether oxygens (including phenoxy) is 1. The van der Waals surface area contributed by atoms with E-state index in [1.54, 1.807) is 11.8 Å². The van der Waals surface area contributed by atoms with Gasteiger partial charge in [-0.25, -0.2) is 9.58 Å². The van der Waals surface area contributed by atoms with E-state index in [4.69, 9.17) is 4.74 Å². The molecule has 156 valence electrons. The molecule has 1 aromatic heterocycles. The van der Waals surface area contributed by atoms with Crippen molar-refractivity contribution >= 4 is 45.3 Å². The highest BCUT2D eigenvalue weighted by Gasteiger charge is 2.35. The van der Waals surface area contributed by atoms with E-state index < -0.39 is 0 Å². The number of hydrogen-bond donors (Lipinski definition) is 1. The Morgan fingerprint density at radius 3 is 2.35 bits per heavy atom. The molecule has 2 aliphatic rings. The van der Waals surface area contributed by atoms with Crippen molar-refractivity contribution < 1.29 is 14.3 Å². The topological polar surface area (TPSA) is 89.3 Å². The first-order chi connectivity index (χ1) is 15.0. The summed E-state index contributed by atoms with van der Waals surface area (Å²) in [6.45, 7) is 0. The second kappa shape index (κ2) is 7.66. The highest BCUT2D eigenvalue weighted by Crippen LogP contribution is 2.35. The Hall–Kier alpha value is -3.46. The van der Waals surface area contributed by atoms with Crippen molar-refractivity contribution in [1.29, 1.82) is 0 Å². The maximum absolute atomic E-state index is 12.2. The number of aromatic nitrogens is 3. The Morgan fingerprint density at radius 1 is 1.03 bits per heavy atom. The molecule has 0 unspecified atom stereocenters. The summed E-state index contributed by atoms with van der Waals surface area (Å²) in [4.78, 5) is 30.0. The zero-order valence-corrected chi connectivity index (χ0v) is 18.2. The van der Waals surface area contributed by atoms with Gasteiger partial charge in [-0.15, -0.1) is 5.10 Å². The molecule has 0 spiro atoms. The minimum Gasteiger partial charge on any atom is -0.497 e. The third-order valence-electron chi connectivity index (χ3n) is 5.32. The summed E-state index contributed by atoms with van der Waals surface area (Å²) in [6, 6.07) is 15.3. The van der Waals surface area contributed by atoms with E-state index in [1.165, 1.54) is 0 Å². The van der Waals surface area contributed by atoms with Crippen molar-refractivity contribution in [3.05, 3.63) is 70.2 Å². The highest BCUT2D eigenvalue weighted by molar-refractivity contribution is 9.10. The molecular weight excluding hydrogens is 462 g/mol. The predicted octanol–water partition coefficient (Wildman–Crippen LogP) is 3.76. The van der Waals surface area contributed by atoms with Crippen LogP contribution in [0.4, 0.5) is 11.9 Å². The molecule has 0 radical (unpaired) electrons. The van der Waals surface area contributed by atoms with E-state index in [9.17, 15) is 9.59 Å². The first kappa shape index (κ1) is 19.5. The van der Waals surface area contributed by atoms with E-state index in [0.29, 0.717) is 5.95 Å². The predicted molar refractivity (Wildman–Crippen MR) is 119 cm³/mol. The zero-order chi connectivity index (χ0) is 21.5. The fourth-order valence-electron chi connectivity index (χ4n) is 3.71. The van der Waals surface area contributed by atoms with Crippen LogP contribution in [0.2, 0.25) is 0 Å². The minimum absolute atomic E-state index is 0.0963. The molecule has 0 aliphatic carbocycles. The molecule has 5 rings (SSSR count). The van der Waals surface area contributed by atoms with Crippen LogP contribution >= 0.6 is 15.9 Å². The molecule has 1 N–H and O–H groups in total. The van der Waals surface area contributed by atoms with Crippen LogP contribution in [0.25, 0.3) is 5.70 Å². The van der Waals surface area contributed by atoms with Gasteiger partial charge in [0.15, 0.2) is 0 Å². The van der Waals surface area contributed by atoms with Crippen LogP contribution in [-0.2, 0) is 9.59 Å². The number of carbonyl (C=O) groups is 2. The second-order valence-electron chi connectivity index (χ2n) is 7.23. The average Bonchev–Trinajstić information content (AvgIpc) is 3.35. The summed E-state index contributed by atoms with van der Waals surface area (Å²) in [7, 11) is 1.62. The van der Waals surface area contributed by atoms with Gasteiger partial charge < -0.3 is 10.1 Å². The largest absolute Gasteiger partial charge is 0.497 e. The van der Waals surface area contributed by atoms with E-state index >= 15 is 0 Å². The lowest BCUT2D eigenvalue weighted by atomic mass is 10.0. The number of fused-ring (bicyclic) bond motifs is 1. The van der Waals surface area contributed by atoms with Gasteiger partial charge in [0.2, 0.25) is 17.8 Å². The first-order valence-electron chi connectivity index (χ1n) is 9.74. The summed E-state index contributed by atoms with van der Waals surface area (Å²) >= 11 is 3.46. The van der Waals surface area contributed by atoms with Crippen LogP contribution in [0.5, 0.6) is 5.75 Å². The van der Waals surface area contributed by atoms with Crippen molar-refractivity contribution in [1.82, 2.24) is 14.8 Å². The summed E-state index contributed by atoms with van der Waals surface area (Å²) in [5.74, 6) is 0.746. The fraction of sp³-hybridized carbons (Fsp3) is 0.182. The Balaban J connectivity index is 1.60. The van der Waals surface area contributed by atoms with Gasteiger partial charge in [-0.2, -0.15) is 4.98 Å². The number of imide groups is 1. The highest BCUT2D eigenvalue weighted by atomic mass is 79.9. The van der Waals surface area contributed by atoms with Crippen molar-refractivity contribution in [2.75, 3.05) is 17.3 Å². The lowest BCUT2D eigenvalue weighted by Crippen LogP contribution is -2.29. The Kier molecular flexibility index (Phi) is 4.82. The minimum atomic E-state index is -0.283. The summed E-state index contributed by atoms with van der Waals surface area (Å²) in [5.41, 5.74) is 2.80. The SMILES string of the molecule is COc1ccc([C@@H]2C=C(c3ccc(Br)cc3)Nc3nc(N4C(=O)CCC4=O)nn32)cc1. The molecular formula is C22H18BrN5O3. The molecule has 0 bridgehead atoms. The molecule has 1 fully saturated rings. The van der Waals surface area contributed by atoms with Crippen molar-refractivity contribution in [2.24, 2.45) is 0 Å². The molecule has 3 aromatic rings. The molecule has 9 heteroatoms. The fourth-order valence-corrected chi connectivity index (χ4v) is 3.98. The number of allylic oxidation sites excluding steroid dienone is 1. The summed E-state index contributed by atoms with van der Waals surface area (Å²) in [5, 5.41) is 7.81. The Labute approximate surface area is 186 Å². The van der Waals surface area contributed by atoms with Gasteiger partial charge in [-0.3, -0.25) is 9.59 Å². The van der Waals surface area contributed by atoms with Crippen LogP contribution in [0.3, 0.4) is 0 Å². The molecule has 31 heavy (non-hydrogen) atoms. The van der Waals surface area contributed by atoms with Gasteiger partial charge in [0.05, 0.1) is 7.11 Å². The van der Waals surface area contributed by atoms with Crippen molar-refractivity contribution in [3.63, 3.8) is 0 Å². The lowest BCUT2D eigenvalue weighted by Gasteiger charge is -2.24. The second-order valence-corrected chi connectivity index (χ2v) is 8.15. The van der Waals surface area contributed by atoms with E-state index in [2.05, 4.69) is 31.3 Å². The van der Waals surface area contributed by atoms with Crippen LogP contribution in [-0.4, -0.2) is 33.7 Å². The molecule has 0 saturated carbocycles. The number of amides is 2. The smallest absolute Gasteiger partial charge is 0.260 e. The quantitative estimate of drug-likeness (QED) is 0.573. The molecule has 2 aliphatic heterocycles. The monoisotopic (exact) mass is 479 g/mol. The first-order valence-corrected chi connectivity index (χ1v) is 10.5. The molecule has 2 aromatic carbocycles. The third-order valence-corrected chi connectivity index (χ3v) is 5.85.